The summed E-state index contributed by atoms with van der Waals surface area (Å²) in [4.78, 5) is 19.7. The molecule has 0 saturated carbocycles. The number of rotatable bonds is 3. The first-order valence-corrected chi connectivity index (χ1v) is 6.62. The fraction of sp³-hybridized carbons (Fsp3) is 0.615. The summed E-state index contributed by atoms with van der Waals surface area (Å²) in [6.45, 7) is 2.41. The van der Waals surface area contributed by atoms with Gasteiger partial charge in [-0.05, 0) is 26.2 Å². The van der Waals surface area contributed by atoms with Crippen molar-refractivity contribution in [3.8, 4) is 5.88 Å². The van der Waals surface area contributed by atoms with Crippen LogP contribution in [0.3, 0.4) is 0 Å². The Balaban J connectivity index is 1.76. The van der Waals surface area contributed by atoms with E-state index in [1.807, 2.05) is 6.92 Å². The second kappa shape index (κ2) is 4.77. The Kier molecular flexibility index (Phi) is 3.10. The van der Waals surface area contributed by atoms with E-state index in [-0.39, 0.29) is 6.10 Å². The molecule has 2 N–H and O–H groups in total. The maximum absolute atomic E-state index is 10.9. The van der Waals surface area contributed by atoms with Crippen molar-refractivity contribution in [3.05, 3.63) is 17.1 Å². The molecule has 0 bridgehead atoms. The predicted octanol–water partition coefficient (Wildman–Crippen LogP) is 0.468. The number of carboxylic acids is 1. The summed E-state index contributed by atoms with van der Waals surface area (Å²) in [7, 11) is 0. The van der Waals surface area contributed by atoms with Gasteiger partial charge in [0.05, 0.1) is 5.69 Å². The van der Waals surface area contributed by atoms with Crippen LogP contribution >= 0.6 is 0 Å². The zero-order valence-electron chi connectivity index (χ0n) is 10.8. The van der Waals surface area contributed by atoms with E-state index in [1.54, 1.807) is 0 Å². The van der Waals surface area contributed by atoms with Crippen molar-refractivity contribution >= 4 is 5.97 Å². The van der Waals surface area contributed by atoms with Gasteiger partial charge in [0.25, 0.3) is 0 Å². The highest BCUT2D eigenvalue weighted by Crippen LogP contribution is 2.29. The highest BCUT2D eigenvalue weighted by Gasteiger charge is 2.32. The largest absolute Gasteiger partial charge is 0.480 e. The topological polar surface area (TPSA) is 84.3 Å². The zero-order chi connectivity index (χ0) is 13.4. The monoisotopic (exact) mass is 263 g/mol. The van der Waals surface area contributed by atoms with Crippen LogP contribution < -0.4 is 10.1 Å². The number of carbonyl (C=O) groups is 1. The van der Waals surface area contributed by atoms with Crippen LogP contribution in [-0.4, -0.2) is 39.7 Å². The van der Waals surface area contributed by atoms with Gasteiger partial charge in [0.2, 0.25) is 5.88 Å². The number of carboxylic acid groups (broad SMARTS) is 1. The van der Waals surface area contributed by atoms with Gasteiger partial charge < -0.3 is 15.2 Å². The maximum Gasteiger partial charge on any atom is 0.320 e. The first-order chi connectivity index (χ1) is 9.13. The highest BCUT2D eigenvalue weighted by molar-refractivity contribution is 5.73. The molecule has 6 nitrogen and oxygen atoms in total. The fourth-order valence-corrected chi connectivity index (χ4v) is 2.75. The van der Waals surface area contributed by atoms with Crippen molar-refractivity contribution in [1.29, 1.82) is 0 Å². The van der Waals surface area contributed by atoms with E-state index in [1.165, 1.54) is 0 Å². The zero-order valence-corrected chi connectivity index (χ0v) is 10.8. The first-order valence-electron chi connectivity index (χ1n) is 6.62. The van der Waals surface area contributed by atoms with Crippen LogP contribution in [0.15, 0.2) is 0 Å². The van der Waals surface area contributed by atoms with E-state index in [0.717, 1.165) is 36.3 Å². The summed E-state index contributed by atoms with van der Waals surface area (Å²) < 4.78 is 5.90. The second-order valence-corrected chi connectivity index (χ2v) is 5.13. The summed E-state index contributed by atoms with van der Waals surface area (Å²) >= 11 is 0. The second-order valence-electron chi connectivity index (χ2n) is 5.13. The van der Waals surface area contributed by atoms with E-state index < -0.39 is 12.0 Å². The molecule has 1 fully saturated rings. The maximum atomic E-state index is 10.9. The number of aromatic nitrogens is 2. The molecule has 0 amide bonds. The van der Waals surface area contributed by atoms with Crippen LogP contribution in [0.25, 0.3) is 0 Å². The Labute approximate surface area is 111 Å². The number of aliphatic carboxylic acids is 1. The van der Waals surface area contributed by atoms with Crippen LogP contribution in [0.5, 0.6) is 5.88 Å². The lowest BCUT2D eigenvalue weighted by atomic mass is 10.2. The smallest absolute Gasteiger partial charge is 0.320 e. The van der Waals surface area contributed by atoms with Crippen LogP contribution in [0.2, 0.25) is 0 Å². The fourth-order valence-electron chi connectivity index (χ4n) is 2.75. The molecule has 0 spiro atoms. The van der Waals surface area contributed by atoms with Crippen LogP contribution in [0, 0.1) is 6.92 Å². The molecule has 1 aromatic rings. The number of nitrogens with one attached hydrogen (secondary N) is 1. The lowest BCUT2D eigenvalue weighted by Crippen LogP contribution is -2.30. The number of fused-ring (bicyclic) bond motifs is 1. The minimum Gasteiger partial charge on any atom is -0.480 e. The van der Waals surface area contributed by atoms with Crippen LogP contribution in [-0.2, 0) is 17.6 Å². The number of ether oxygens (including phenoxy) is 1. The van der Waals surface area contributed by atoms with Crippen molar-refractivity contribution in [2.24, 2.45) is 0 Å². The number of hydrogen-bond donors (Lipinski definition) is 2. The molecular formula is C13H17N3O3. The van der Waals surface area contributed by atoms with Crippen molar-refractivity contribution < 1.29 is 14.6 Å². The minimum absolute atomic E-state index is 0.125. The van der Waals surface area contributed by atoms with Gasteiger partial charge in [-0.1, -0.05) is 0 Å². The van der Waals surface area contributed by atoms with Gasteiger partial charge in [-0.25, -0.2) is 4.98 Å². The Hall–Kier alpha value is -1.69. The lowest BCUT2D eigenvalue weighted by molar-refractivity contribution is -0.139. The normalized spacial score (nSPS) is 25.3. The molecule has 2 unspecified atom stereocenters. The summed E-state index contributed by atoms with van der Waals surface area (Å²) in [6, 6.07) is -0.513. The molecule has 1 aromatic heterocycles. The molecule has 6 heteroatoms. The lowest BCUT2D eigenvalue weighted by Gasteiger charge is -2.15. The molecule has 1 aliphatic heterocycles. The average Bonchev–Trinajstić information content (AvgIpc) is 2.96. The molecule has 1 saturated heterocycles. The molecule has 0 radical (unpaired) electrons. The standard InChI is InChI=1S/C13H17N3O3/c1-7-15-10-4-2-3-9(10)12(16-7)19-8-5-11(13(17)18)14-6-8/h8,11,14H,2-6H2,1H3,(H,17,18). The van der Waals surface area contributed by atoms with Gasteiger partial charge in [0.15, 0.2) is 0 Å². The number of aryl methyl sites for hydroxylation is 2. The third kappa shape index (κ3) is 2.40. The van der Waals surface area contributed by atoms with Gasteiger partial charge >= 0.3 is 5.97 Å². The van der Waals surface area contributed by atoms with Gasteiger partial charge in [0.1, 0.15) is 18.0 Å². The van der Waals surface area contributed by atoms with E-state index in [9.17, 15) is 4.79 Å². The molecule has 102 valence electrons. The van der Waals surface area contributed by atoms with Gasteiger partial charge in [-0.3, -0.25) is 4.79 Å². The molecule has 0 aromatic carbocycles. The third-order valence-corrected chi connectivity index (χ3v) is 3.67. The number of nitrogens with zero attached hydrogens (tertiary/aromatic N) is 2. The quantitative estimate of drug-likeness (QED) is 0.824. The molecule has 19 heavy (non-hydrogen) atoms. The van der Waals surface area contributed by atoms with Gasteiger partial charge in [-0.2, -0.15) is 4.98 Å². The van der Waals surface area contributed by atoms with Crippen molar-refractivity contribution in [2.45, 2.75) is 44.8 Å². The first kappa shape index (κ1) is 12.3. The van der Waals surface area contributed by atoms with Crippen molar-refractivity contribution in [2.75, 3.05) is 6.54 Å². The SMILES string of the molecule is Cc1nc2c(c(OC3CNC(C(=O)O)C3)n1)CCC2. The van der Waals surface area contributed by atoms with Crippen LogP contribution in [0.4, 0.5) is 0 Å². The Morgan fingerprint density at radius 1 is 1.42 bits per heavy atom. The van der Waals surface area contributed by atoms with Crippen molar-refractivity contribution in [3.63, 3.8) is 0 Å². The summed E-state index contributed by atoms with van der Waals surface area (Å²) in [5.74, 6) is 0.546. The molecule has 2 heterocycles. The van der Waals surface area contributed by atoms with Crippen LogP contribution in [0.1, 0.15) is 29.9 Å². The summed E-state index contributed by atoms with van der Waals surface area (Å²) in [6.07, 6.45) is 3.38. The minimum atomic E-state index is -0.824. The van der Waals surface area contributed by atoms with E-state index in [2.05, 4.69) is 15.3 Å². The molecule has 1 aliphatic carbocycles. The third-order valence-electron chi connectivity index (χ3n) is 3.67. The Morgan fingerprint density at radius 3 is 3.00 bits per heavy atom. The molecule has 3 rings (SSSR count). The van der Waals surface area contributed by atoms with Gasteiger partial charge in [0, 0.05) is 18.5 Å². The predicted molar refractivity (Wildman–Crippen MR) is 67.3 cm³/mol. The van der Waals surface area contributed by atoms with E-state index in [4.69, 9.17) is 9.84 Å². The van der Waals surface area contributed by atoms with E-state index in [0.29, 0.717) is 18.8 Å². The summed E-state index contributed by atoms with van der Waals surface area (Å²) in [5.41, 5.74) is 2.19. The average molecular weight is 263 g/mol. The Bertz CT molecular complexity index is 518. The van der Waals surface area contributed by atoms with Gasteiger partial charge in [-0.15, -0.1) is 0 Å². The highest BCUT2D eigenvalue weighted by atomic mass is 16.5. The molecular weight excluding hydrogens is 246 g/mol. The number of hydrogen-bond acceptors (Lipinski definition) is 5. The molecule has 2 atom stereocenters. The van der Waals surface area contributed by atoms with E-state index >= 15 is 0 Å². The Morgan fingerprint density at radius 2 is 2.26 bits per heavy atom. The summed E-state index contributed by atoms with van der Waals surface area (Å²) in [5, 5.41) is 11.9. The van der Waals surface area contributed by atoms with Crippen molar-refractivity contribution in [1.82, 2.24) is 15.3 Å². The molecule has 2 aliphatic rings.